The molecule has 1 saturated heterocycles. The van der Waals surface area contributed by atoms with Gasteiger partial charge in [-0.25, -0.2) is 14.9 Å². The van der Waals surface area contributed by atoms with E-state index in [1.807, 2.05) is 30.3 Å². The first-order valence-corrected chi connectivity index (χ1v) is 10.6. The number of likely N-dealkylation sites (tertiary alicyclic amines) is 1. The number of fused-ring (bicyclic) bond motifs is 1. The number of hydrogen-bond acceptors (Lipinski definition) is 4. The van der Waals surface area contributed by atoms with E-state index >= 15 is 0 Å². The van der Waals surface area contributed by atoms with Gasteiger partial charge in [-0.3, -0.25) is 14.9 Å². The average molecular weight is 423 g/mol. The van der Waals surface area contributed by atoms with Gasteiger partial charge in [0.15, 0.2) is 0 Å². The van der Waals surface area contributed by atoms with E-state index in [0.29, 0.717) is 11.6 Å². The maximum Gasteiger partial charge on any atom is 0.267 e. The zero-order chi connectivity index (χ0) is 22.0. The van der Waals surface area contributed by atoms with Gasteiger partial charge >= 0.3 is 0 Å². The molecule has 31 heavy (non-hydrogen) atoms. The minimum Gasteiger partial charge on any atom is -0.320 e. The fraction of sp³-hybridized carbons (Fsp3) is 0.333. The quantitative estimate of drug-likeness (QED) is 0.363. The SMILES string of the molecule is CC(C)N1CCCC(n2c(-c3cccc(/C=C/C(=O)NO)c3)nc3cc(F)ccc32)C1. The summed E-state index contributed by atoms with van der Waals surface area (Å²) in [7, 11) is 0. The van der Waals surface area contributed by atoms with E-state index in [9.17, 15) is 9.18 Å². The zero-order valence-corrected chi connectivity index (χ0v) is 17.8. The summed E-state index contributed by atoms with van der Waals surface area (Å²) in [5.41, 5.74) is 4.84. The third-order valence-corrected chi connectivity index (χ3v) is 5.86. The van der Waals surface area contributed by atoms with Gasteiger partial charge in [0.2, 0.25) is 0 Å². The van der Waals surface area contributed by atoms with Crippen molar-refractivity contribution >= 4 is 23.0 Å². The number of hydroxylamine groups is 1. The topological polar surface area (TPSA) is 70.4 Å². The summed E-state index contributed by atoms with van der Waals surface area (Å²) in [6.07, 6.45) is 5.03. The maximum absolute atomic E-state index is 13.9. The smallest absolute Gasteiger partial charge is 0.267 e. The summed E-state index contributed by atoms with van der Waals surface area (Å²) >= 11 is 0. The van der Waals surface area contributed by atoms with Gasteiger partial charge in [0, 0.05) is 36.3 Å². The number of nitrogens with zero attached hydrogens (tertiary/aromatic N) is 3. The van der Waals surface area contributed by atoms with E-state index in [0.717, 1.165) is 48.4 Å². The van der Waals surface area contributed by atoms with E-state index in [2.05, 4.69) is 23.3 Å². The molecule has 0 spiro atoms. The van der Waals surface area contributed by atoms with Gasteiger partial charge in [-0.15, -0.1) is 0 Å². The lowest BCUT2D eigenvalue weighted by Gasteiger charge is -2.36. The number of rotatable bonds is 5. The van der Waals surface area contributed by atoms with Gasteiger partial charge in [0.1, 0.15) is 11.6 Å². The molecule has 1 aliphatic heterocycles. The Hall–Kier alpha value is -3.03. The first kappa shape index (κ1) is 21.2. The molecule has 1 unspecified atom stereocenters. The van der Waals surface area contributed by atoms with Gasteiger partial charge < -0.3 is 4.57 Å². The monoisotopic (exact) mass is 422 g/mol. The van der Waals surface area contributed by atoms with E-state index in [4.69, 9.17) is 10.2 Å². The number of piperidine rings is 1. The normalized spacial score (nSPS) is 17.6. The third-order valence-electron chi connectivity index (χ3n) is 5.86. The number of carbonyl (C=O) groups is 1. The lowest BCUT2D eigenvalue weighted by Crippen LogP contribution is -2.40. The van der Waals surface area contributed by atoms with Crippen LogP contribution in [-0.4, -0.2) is 44.7 Å². The number of amides is 1. The molecule has 162 valence electrons. The Morgan fingerprint density at radius 2 is 2.13 bits per heavy atom. The number of carbonyl (C=O) groups excluding carboxylic acids is 1. The molecule has 0 saturated carbocycles. The van der Waals surface area contributed by atoms with Crippen LogP contribution in [0.4, 0.5) is 4.39 Å². The molecular formula is C24H27FN4O2. The van der Waals surface area contributed by atoms with Crippen LogP contribution in [0.5, 0.6) is 0 Å². The number of nitrogens with one attached hydrogen (secondary N) is 1. The Bertz CT molecular complexity index is 1120. The number of benzene rings is 2. The molecule has 2 heterocycles. The molecule has 1 aromatic heterocycles. The minimum atomic E-state index is -0.593. The molecule has 0 bridgehead atoms. The number of hydrogen-bond donors (Lipinski definition) is 2. The molecule has 1 aliphatic rings. The predicted octanol–water partition coefficient (Wildman–Crippen LogP) is 4.41. The first-order valence-electron chi connectivity index (χ1n) is 10.6. The Morgan fingerprint density at radius 1 is 1.29 bits per heavy atom. The van der Waals surface area contributed by atoms with Crippen LogP contribution in [0.3, 0.4) is 0 Å². The van der Waals surface area contributed by atoms with Gasteiger partial charge in [0.25, 0.3) is 5.91 Å². The summed E-state index contributed by atoms with van der Waals surface area (Å²) in [6.45, 7) is 6.42. The molecule has 7 heteroatoms. The lowest BCUT2D eigenvalue weighted by atomic mass is 10.0. The van der Waals surface area contributed by atoms with Gasteiger partial charge in [-0.05, 0) is 63.1 Å². The summed E-state index contributed by atoms with van der Waals surface area (Å²) in [5, 5.41) is 8.69. The predicted molar refractivity (Wildman–Crippen MR) is 119 cm³/mol. The van der Waals surface area contributed by atoms with Crippen molar-refractivity contribution in [1.82, 2.24) is 19.9 Å². The van der Waals surface area contributed by atoms with Crippen molar-refractivity contribution in [3.8, 4) is 11.4 Å². The Morgan fingerprint density at radius 3 is 2.90 bits per heavy atom. The third kappa shape index (κ3) is 4.52. The van der Waals surface area contributed by atoms with E-state index in [-0.39, 0.29) is 11.9 Å². The fourth-order valence-corrected chi connectivity index (χ4v) is 4.30. The molecule has 4 rings (SSSR count). The highest BCUT2D eigenvalue weighted by Gasteiger charge is 2.27. The highest BCUT2D eigenvalue weighted by atomic mass is 19.1. The summed E-state index contributed by atoms with van der Waals surface area (Å²) in [6, 6.07) is 13.2. The lowest BCUT2D eigenvalue weighted by molar-refractivity contribution is -0.124. The van der Waals surface area contributed by atoms with Gasteiger partial charge in [-0.1, -0.05) is 18.2 Å². The van der Waals surface area contributed by atoms with Crippen molar-refractivity contribution in [2.75, 3.05) is 13.1 Å². The maximum atomic E-state index is 13.9. The fourth-order valence-electron chi connectivity index (χ4n) is 4.30. The largest absolute Gasteiger partial charge is 0.320 e. The average Bonchev–Trinajstić information content (AvgIpc) is 3.16. The number of halogens is 1. The molecule has 1 fully saturated rings. The molecule has 2 N–H and O–H groups in total. The second kappa shape index (κ2) is 8.99. The van der Waals surface area contributed by atoms with Crippen LogP contribution in [-0.2, 0) is 4.79 Å². The molecule has 6 nitrogen and oxygen atoms in total. The van der Waals surface area contributed by atoms with Crippen LogP contribution in [0.15, 0.2) is 48.5 Å². The second-order valence-corrected chi connectivity index (χ2v) is 8.26. The highest BCUT2D eigenvalue weighted by molar-refractivity contribution is 5.91. The number of imidazole rings is 1. The second-order valence-electron chi connectivity index (χ2n) is 8.26. The van der Waals surface area contributed by atoms with Crippen molar-refractivity contribution in [1.29, 1.82) is 0 Å². The van der Waals surface area contributed by atoms with Crippen LogP contribution in [0.25, 0.3) is 28.5 Å². The van der Waals surface area contributed by atoms with Crippen LogP contribution in [0, 0.1) is 5.82 Å². The Kier molecular flexibility index (Phi) is 6.15. The van der Waals surface area contributed by atoms with E-state index < -0.39 is 5.91 Å². The van der Waals surface area contributed by atoms with Crippen LogP contribution in [0.1, 0.15) is 38.3 Å². The Balaban J connectivity index is 1.80. The van der Waals surface area contributed by atoms with E-state index in [1.165, 1.54) is 18.2 Å². The van der Waals surface area contributed by atoms with Crippen LogP contribution >= 0.6 is 0 Å². The minimum absolute atomic E-state index is 0.237. The van der Waals surface area contributed by atoms with Crippen LogP contribution < -0.4 is 5.48 Å². The van der Waals surface area contributed by atoms with Crippen molar-refractivity contribution in [3.05, 3.63) is 59.9 Å². The van der Waals surface area contributed by atoms with Gasteiger partial charge in [-0.2, -0.15) is 0 Å². The molecular weight excluding hydrogens is 395 g/mol. The molecule has 0 aliphatic carbocycles. The first-order chi connectivity index (χ1) is 15.0. The molecule has 1 amide bonds. The summed E-state index contributed by atoms with van der Waals surface area (Å²) < 4.78 is 16.2. The summed E-state index contributed by atoms with van der Waals surface area (Å²) in [5.74, 6) is -0.106. The van der Waals surface area contributed by atoms with Crippen LogP contribution in [0.2, 0.25) is 0 Å². The molecule has 3 aromatic rings. The zero-order valence-electron chi connectivity index (χ0n) is 17.8. The molecule has 0 radical (unpaired) electrons. The van der Waals surface area contributed by atoms with Crippen molar-refractivity contribution < 1.29 is 14.4 Å². The van der Waals surface area contributed by atoms with E-state index in [1.54, 1.807) is 11.6 Å². The van der Waals surface area contributed by atoms with Crippen molar-refractivity contribution in [3.63, 3.8) is 0 Å². The molecule has 2 aromatic carbocycles. The van der Waals surface area contributed by atoms with Crippen molar-refractivity contribution in [2.45, 2.75) is 38.8 Å². The number of aromatic nitrogens is 2. The summed E-state index contributed by atoms with van der Waals surface area (Å²) in [4.78, 5) is 18.6. The van der Waals surface area contributed by atoms with Crippen molar-refractivity contribution in [2.24, 2.45) is 0 Å². The molecule has 1 atom stereocenters. The van der Waals surface area contributed by atoms with Gasteiger partial charge in [0.05, 0.1) is 11.0 Å². The Labute approximate surface area is 181 Å². The highest BCUT2D eigenvalue weighted by Crippen LogP contribution is 2.33. The standard InChI is InChI=1S/C24H27FN4O2/c1-16(2)28-12-4-7-20(15-28)29-22-10-9-19(25)14-21(22)26-24(29)18-6-3-5-17(13-18)8-11-23(30)27-31/h3,5-6,8-11,13-14,16,20,31H,4,7,12,15H2,1-2H3,(H,27,30)/b11-8+.